The van der Waals surface area contributed by atoms with E-state index in [1.54, 1.807) is 18.0 Å². The van der Waals surface area contributed by atoms with Gasteiger partial charge in [0.05, 0.1) is 19.6 Å². The van der Waals surface area contributed by atoms with Gasteiger partial charge in [-0.25, -0.2) is 4.39 Å². The summed E-state index contributed by atoms with van der Waals surface area (Å²) in [5.41, 5.74) is 1.49. The van der Waals surface area contributed by atoms with Crippen LogP contribution >= 0.6 is 0 Å². The van der Waals surface area contributed by atoms with Gasteiger partial charge in [0.25, 0.3) is 0 Å². The van der Waals surface area contributed by atoms with E-state index in [9.17, 15) is 14.0 Å². The van der Waals surface area contributed by atoms with Crippen LogP contribution in [0, 0.1) is 12.7 Å². The third-order valence-corrected chi connectivity index (χ3v) is 3.62. The quantitative estimate of drug-likeness (QED) is 0.661. The van der Waals surface area contributed by atoms with Crippen molar-refractivity contribution in [2.75, 3.05) is 38.6 Å². The lowest BCUT2D eigenvalue weighted by atomic mass is 10.2. The van der Waals surface area contributed by atoms with Crippen molar-refractivity contribution in [3.63, 3.8) is 0 Å². The Bertz CT molecular complexity index is 783. The number of likely N-dealkylation sites (N-methyl/N-ethyl adjacent to an activating group) is 1. The van der Waals surface area contributed by atoms with Crippen LogP contribution in [0.2, 0.25) is 0 Å². The van der Waals surface area contributed by atoms with Gasteiger partial charge in [-0.2, -0.15) is 0 Å². The van der Waals surface area contributed by atoms with E-state index in [0.717, 1.165) is 11.3 Å². The van der Waals surface area contributed by atoms with Crippen molar-refractivity contribution in [2.24, 2.45) is 0 Å². The zero-order valence-electron chi connectivity index (χ0n) is 15.5. The number of ether oxygens (including phenoxy) is 1. The van der Waals surface area contributed by atoms with Gasteiger partial charge in [0.2, 0.25) is 11.8 Å². The van der Waals surface area contributed by atoms with Crippen molar-refractivity contribution in [1.82, 2.24) is 10.2 Å². The number of carbonyl (C=O) groups excluding carboxylic acids is 2. The van der Waals surface area contributed by atoms with Gasteiger partial charge in [0.1, 0.15) is 18.2 Å². The Morgan fingerprint density at radius 1 is 1.07 bits per heavy atom. The van der Waals surface area contributed by atoms with Crippen LogP contribution in [0.1, 0.15) is 5.56 Å². The number of hydrogen-bond donors (Lipinski definition) is 2. The number of anilines is 1. The van der Waals surface area contributed by atoms with Gasteiger partial charge in [0.15, 0.2) is 0 Å². The first kappa shape index (κ1) is 20.4. The van der Waals surface area contributed by atoms with Gasteiger partial charge in [-0.1, -0.05) is 18.2 Å². The zero-order chi connectivity index (χ0) is 19.6. The highest BCUT2D eigenvalue weighted by Crippen LogP contribution is 2.11. The maximum Gasteiger partial charge on any atom is 0.238 e. The van der Waals surface area contributed by atoms with E-state index in [4.69, 9.17) is 4.74 Å². The number of aryl methyl sites for hydroxylation is 1. The van der Waals surface area contributed by atoms with E-state index in [1.807, 2.05) is 31.2 Å². The van der Waals surface area contributed by atoms with Crippen molar-refractivity contribution in [2.45, 2.75) is 6.92 Å². The molecule has 2 amide bonds. The molecule has 6 nitrogen and oxygen atoms in total. The minimum atomic E-state index is -0.423. The summed E-state index contributed by atoms with van der Waals surface area (Å²) in [6, 6.07) is 13.3. The fourth-order valence-electron chi connectivity index (χ4n) is 2.43. The van der Waals surface area contributed by atoms with Crippen LogP contribution in [0.3, 0.4) is 0 Å². The average molecular weight is 373 g/mol. The van der Waals surface area contributed by atoms with Crippen LogP contribution in [-0.2, 0) is 9.59 Å². The fourth-order valence-corrected chi connectivity index (χ4v) is 2.43. The molecule has 0 fully saturated rings. The van der Waals surface area contributed by atoms with E-state index in [2.05, 4.69) is 10.6 Å². The standard InChI is InChI=1S/C20H24FN3O3/c1-15-5-3-8-18(11-15)27-10-9-22-19(25)13-24(2)14-20(26)23-17-7-4-6-16(21)12-17/h3-8,11-12H,9-10,13-14H2,1-2H3,(H,22,25)(H,23,26). The lowest BCUT2D eigenvalue weighted by Crippen LogP contribution is -2.40. The highest BCUT2D eigenvalue weighted by Gasteiger charge is 2.11. The third-order valence-electron chi connectivity index (χ3n) is 3.62. The molecule has 0 aliphatic heterocycles. The highest BCUT2D eigenvalue weighted by molar-refractivity contribution is 5.92. The van der Waals surface area contributed by atoms with Gasteiger partial charge < -0.3 is 15.4 Å². The SMILES string of the molecule is Cc1cccc(OCCNC(=O)CN(C)CC(=O)Nc2cccc(F)c2)c1. The van der Waals surface area contributed by atoms with Crippen molar-refractivity contribution in [1.29, 1.82) is 0 Å². The third kappa shape index (κ3) is 7.87. The number of hydrogen-bond acceptors (Lipinski definition) is 4. The second-order valence-electron chi connectivity index (χ2n) is 6.25. The first-order chi connectivity index (χ1) is 12.9. The second-order valence-corrected chi connectivity index (χ2v) is 6.25. The molecule has 0 aromatic heterocycles. The summed E-state index contributed by atoms with van der Waals surface area (Å²) in [5.74, 6) is -0.189. The minimum Gasteiger partial charge on any atom is -0.492 e. The molecule has 27 heavy (non-hydrogen) atoms. The predicted octanol–water partition coefficient (Wildman–Crippen LogP) is 2.20. The molecule has 0 spiro atoms. The molecule has 0 unspecified atom stereocenters. The average Bonchev–Trinajstić information content (AvgIpc) is 2.58. The normalized spacial score (nSPS) is 10.5. The fraction of sp³-hybridized carbons (Fsp3) is 0.300. The minimum absolute atomic E-state index is 0.0176. The predicted molar refractivity (Wildman–Crippen MR) is 102 cm³/mol. The van der Waals surface area contributed by atoms with Crippen molar-refractivity contribution in [3.8, 4) is 5.75 Å². The van der Waals surface area contributed by atoms with E-state index in [0.29, 0.717) is 18.8 Å². The van der Waals surface area contributed by atoms with E-state index in [-0.39, 0.29) is 24.9 Å². The highest BCUT2D eigenvalue weighted by atomic mass is 19.1. The summed E-state index contributed by atoms with van der Waals surface area (Å²) >= 11 is 0. The Balaban J connectivity index is 1.63. The second kappa shape index (κ2) is 10.3. The van der Waals surface area contributed by atoms with Crippen LogP contribution in [0.5, 0.6) is 5.75 Å². The Morgan fingerprint density at radius 2 is 1.81 bits per heavy atom. The first-order valence-corrected chi connectivity index (χ1v) is 8.62. The monoisotopic (exact) mass is 373 g/mol. The van der Waals surface area contributed by atoms with Crippen molar-refractivity contribution < 1.29 is 18.7 Å². The number of nitrogens with one attached hydrogen (secondary N) is 2. The van der Waals surface area contributed by atoms with Crippen LogP contribution < -0.4 is 15.4 Å². The van der Waals surface area contributed by atoms with Crippen LogP contribution in [0.25, 0.3) is 0 Å². The summed E-state index contributed by atoms with van der Waals surface area (Å²) in [4.78, 5) is 25.4. The summed E-state index contributed by atoms with van der Waals surface area (Å²) in [5, 5.41) is 5.33. The number of amides is 2. The van der Waals surface area contributed by atoms with Gasteiger partial charge in [0, 0.05) is 5.69 Å². The number of nitrogens with zero attached hydrogens (tertiary/aromatic N) is 1. The van der Waals surface area contributed by atoms with Gasteiger partial charge >= 0.3 is 0 Å². The lowest BCUT2D eigenvalue weighted by molar-refractivity contribution is -0.123. The molecule has 0 saturated carbocycles. The molecular weight excluding hydrogens is 349 g/mol. The number of rotatable bonds is 9. The van der Waals surface area contributed by atoms with E-state index in [1.165, 1.54) is 18.2 Å². The van der Waals surface area contributed by atoms with E-state index >= 15 is 0 Å². The molecule has 0 saturated heterocycles. The molecule has 0 radical (unpaired) electrons. The van der Waals surface area contributed by atoms with Crippen LogP contribution in [-0.4, -0.2) is 50.0 Å². The maximum absolute atomic E-state index is 13.1. The molecule has 7 heteroatoms. The first-order valence-electron chi connectivity index (χ1n) is 8.62. The zero-order valence-corrected chi connectivity index (χ0v) is 15.5. The summed E-state index contributed by atoms with van der Waals surface area (Å²) in [6.45, 7) is 2.80. The summed E-state index contributed by atoms with van der Waals surface area (Å²) in [6.07, 6.45) is 0. The number of benzene rings is 2. The van der Waals surface area contributed by atoms with Crippen LogP contribution in [0.15, 0.2) is 48.5 Å². The molecule has 0 heterocycles. The van der Waals surface area contributed by atoms with Gasteiger partial charge in [-0.3, -0.25) is 14.5 Å². The number of halogens is 1. The van der Waals surface area contributed by atoms with Crippen LogP contribution in [0.4, 0.5) is 10.1 Å². The molecule has 0 bridgehead atoms. The molecule has 144 valence electrons. The lowest BCUT2D eigenvalue weighted by Gasteiger charge is -2.16. The molecule has 2 rings (SSSR count). The van der Waals surface area contributed by atoms with Gasteiger partial charge in [-0.15, -0.1) is 0 Å². The molecule has 2 aromatic rings. The maximum atomic E-state index is 13.1. The molecule has 2 N–H and O–H groups in total. The molecule has 0 aliphatic carbocycles. The molecule has 0 aliphatic rings. The largest absolute Gasteiger partial charge is 0.492 e. The Labute approximate surface area is 158 Å². The topological polar surface area (TPSA) is 70.7 Å². The Hall–Kier alpha value is -2.93. The van der Waals surface area contributed by atoms with E-state index < -0.39 is 5.82 Å². The summed E-state index contributed by atoms with van der Waals surface area (Å²) in [7, 11) is 1.66. The van der Waals surface area contributed by atoms with Crippen molar-refractivity contribution in [3.05, 3.63) is 59.9 Å². The molecular formula is C20H24FN3O3. The molecule has 2 aromatic carbocycles. The summed E-state index contributed by atoms with van der Waals surface area (Å²) < 4.78 is 18.7. The van der Waals surface area contributed by atoms with Gasteiger partial charge in [-0.05, 0) is 49.9 Å². The molecule has 0 atom stereocenters. The Kier molecular flexibility index (Phi) is 7.76. The Morgan fingerprint density at radius 3 is 2.56 bits per heavy atom. The van der Waals surface area contributed by atoms with Crippen molar-refractivity contribution >= 4 is 17.5 Å². The number of carbonyl (C=O) groups is 2. The smallest absolute Gasteiger partial charge is 0.238 e.